The largest absolute Gasteiger partial charge is 0.494 e. The molecule has 0 saturated heterocycles. The molecular weight excluding hydrogens is 242 g/mol. The fourth-order valence-corrected chi connectivity index (χ4v) is 1.69. The van der Waals surface area contributed by atoms with Crippen LogP contribution in [0.25, 0.3) is 0 Å². The SMILES string of the molecule is CCOc1ccc(Oc2ncccc2[C@@H](C)O)cc1. The zero-order valence-corrected chi connectivity index (χ0v) is 11.0. The third-order valence-corrected chi connectivity index (χ3v) is 2.60. The van der Waals surface area contributed by atoms with Gasteiger partial charge in [-0.1, -0.05) is 0 Å². The van der Waals surface area contributed by atoms with Crippen LogP contribution in [0, 0.1) is 0 Å². The minimum Gasteiger partial charge on any atom is -0.494 e. The number of rotatable bonds is 5. The van der Waals surface area contributed by atoms with Crippen LogP contribution in [0.3, 0.4) is 0 Å². The Bertz CT molecular complexity index is 523. The number of nitrogens with zero attached hydrogens (tertiary/aromatic N) is 1. The van der Waals surface area contributed by atoms with E-state index in [1.165, 1.54) is 0 Å². The lowest BCUT2D eigenvalue weighted by Gasteiger charge is -2.11. The third-order valence-electron chi connectivity index (χ3n) is 2.60. The van der Waals surface area contributed by atoms with Crippen molar-refractivity contribution >= 4 is 0 Å². The first kappa shape index (κ1) is 13.4. The third kappa shape index (κ3) is 3.45. The van der Waals surface area contributed by atoms with Crippen molar-refractivity contribution in [1.29, 1.82) is 0 Å². The molecule has 1 atom stereocenters. The molecule has 0 aliphatic carbocycles. The highest BCUT2D eigenvalue weighted by atomic mass is 16.5. The zero-order valence-electron chi connectivity index (χ0n) is 11.0. The highest BCUT2D eigenvalue weighted by Gasteiger charge is 2.10. The predicted molar refractivity (Wildman–Crippen MR) is 72.6 cm³/mol. The fourth-order valence-electron chi connectivity index (χ4n) is 1.69. The Hall–Kier alpha value is -2.07. The number of aromatic nitrogens is 1. The van der Waals surface area contributed by atoms with Crippen LogP contribution in [-0.4, -0.2) is 16.7 Å². The maximum Gasteiger partial charge on any atom is 0.225 e. The zero-order chi connectivity index (χ0) is 13.7. The Morgan fingerprint density at radius 2 is 1.84 bits per heavy atom. The lowest BCUT2D eigenvalue weighted by molar-refractivity contribution is 0.194. The Morgan fingerprint density at radius 1 is 1.16 bits per heavy atom. The van der Waals surface area contributed by atoms with Gasteiger partial charge in [0.25, 0.3) is 0 Å². The van der Waals surface area contributed by atoms with E-state index in [9.17, 15) is 5.11 Å². The van der Waals surface area contributed by atoms with Crippen molar-refractivity contribution in [3.05, 3.63) is 48.2 Å². The number of hydrogen-bond donors (Lipinski definition) is 1. The summed E-state index contributed by atoms with van der Waals surface area (Å²) in [6.45, 7) is 4.25. The van der Waals surface area contributed by atoms with Gasteiger partial charge in [-0.05, 0) is 50.2 Å². The molecule has 0 unspecified atom stereocenters. The van der Waals surface area contributed by atoms with E-state index < -0.39 is 6.10 Å². The molecule has 0 spiro atoms. The Balaban J connectivity index is 2.17. The number of benzene rings is 1. The number of hydrogen-bond acceptors (Lipinski definition) is 4. The fraction of sp³-hybridized carbons (Fsp3) is 0.267. The van der Waals surface area contributed by atoms with E-state index in [-0.39, 0.29) is 0 Å². The van der Waals surface area contributed by atoms with Gasteiger partial charge in [-0.25, -0.2) is 4.98 Å². The van der Waals surface area contributed by atoms with E-state index in [1.54, 1.807) is 25.3 Å². The van der Waals surface area contributed by atoms with Gasteiger partial charge >= 0.3 is 0 Å². The topological polar surface area (TPSA) is 51.6 Å². The van der Waals surface area contributed by atoms with Crippen molar-refractivity contribution in [3.8, 4) is 17.4 Å². The normalized spacial score (nSPS) is 11.9. The Morgan fingerprint density at radius 3 is 2.47 bits per heavy atom. The van der Waals surface area contributed by atoms with Crippen molar-refractivity contribution < 1.29 is 14.6 Å². The molecule has 2 rings (SSSR count). The van der Waals surface area contributed by atoms with Gasteiger partial charge in [-0.2, -0.15) is 0 Å². The first-order valence-electron chi connectivity index (χ1n) is 6.24. The van der Waals surface area contributed by atoms with Gasteiger partial charge in [-0.15, -0.1) is 0 Å². The molecule has 1 aromatic heterocycles. The van der Waals surface area contributed by atoms with Crippen LogP contribution in [0.15, 0.2) is 42.6 Å². The quantitative estimate of drug-likeness (QED) is 0.894. The van der Waals surface area contributed by atoms with Crippen LogP contribution in [0.2, 0.25) is 0 Å². The van der Waals surface area contributed by atoms with Gasteiger partial charge in [0.05, 0.1) is 12.7 Å². The van der Waals surface area contributed by atoms with Gasteiger partial charge in [0, 0.05) is 11.8 Å². The standard InChI is InChI=1S/C15H17NO3/c1-3-18-12-6-8-13(9-7-12)19-15-14(11(2)17)5-4-10-16-15/h4-11,17H,3H2,1-2H3/t11-/m1/s1. The summed E-state index contributed by atoms with van der Waals surface area (Å²) in [5.74, 6) is 1.87. The molecule has 4 nitrogen and oxygen atoms in total. The average Bonchev–Trinajstić information content (AvgIpc) is 2.42. The maximum atomic E-state index is 9.66. The van der Waals surface area contributed by atoms with Crippen LogP contribution < -0.4 is 9.47 Å². The highest BCUT2D eigenvalue weighted by molar-refractivity contribution is 5.36. The summed E-state index contributed by atoms with van der Waals surface area (Å²) in [5, 5.41) is 9.66. The smallest absolute Gasteiger partial charge is 0.225 e. The number of ether oxygens (including phenoxy) is 2. The predicted octanol–water partition coefficient (Wildman–Crippen LogP) is 3.33. The second kappa shape index (κ2) is 6.20. The summed E-state index contributed by atoms with van der Waals surface area (Å²) in [5.41, 5.74) is 0.663. The average molecular weight is 259 g/mol. The van der Waals surface area contributed by atoms with Crippen molar-refractivity contribution in [2.24, 2.45) is 0 Å². The summed E-state index contributed by atoms with van der Waals surface area (Å²) < 4.78 is 11.0. The molecule has 0 aliphatic heterocycles. The van der Waals surface area contributed by atoms with E-state index in [0.29, 0.717) is 23.8 Å². The summed E-state index contributed by atoms with van der Waals surface area (Å²) in [7, 11) is 0. The molecular formula is C15H17NO3. The number of aliphatic hydroxyl groups is 1. The summed E-state index contributed by atoms with van der Waals surface area (Å²) in [4.78, 5) is 4.14. The first-order chi connectivity index (χ1) is 9.20. The van der Waals surface area contributed by atoms with Gasteiger partial charge in [0.1, 0.15) is 11.5 Å². The van der Waals surface area contributed by atoms with E-state index in [0.717, 1.165) is 5.75 Å². The number of aliphatic hydroxyl groups excluding tert-OH is 1. The van der Waals surface area contributed by atoms with Gasteiger partial charge in [0.15, 0.2) is 0 Å². The van der Waals surface area contributed by atoms with Gasteiger partial charge in [-0.3, -0.25) is 0 Å². The van der Waals surface area contributed by atoms with Crippen LogP contribution in [0.4, 0.5) is 0 Å². The van der Waals surface area contributed by atoms with E-state index >= 15 is 0 Å². The monoisotopic (exact) mass is 259 g/mol. The Labute approximate surface area is 112 Å². The highest BCUT2D eigenvalue weighted by Crippen LogP contribution is 2.28. The molecule has 0 bridgehead atoms. The molecule has 0 saturated carbocycles. The summed E-state index contributed by atoms with van der Waals surface area (Å²) in [6.07, 6.45) is 1.02. The summed E-state index contributed by atoms with van der Waals surface area (Å²) in [6, 6.07) is 10.9. The lowest BCUT2D eigenvalue weighted by Crippen LogP contribution is -1.98. The minimum absolute atomic E-state index is 0.418. The molecule has 1 heterocycles. The van der Waals surface area contributed by atoms with Crippen LogP contribution in [0.5, 0.6) is 17.4 Å². The number of pyridine rings is 1. The molecule has 2 aromatic rings. The molecule has 0 amide bonds. The van der Waals surface area contributed by atoms with E-state index in [4.69, 9.17) is 9.47 Å². The van der Waals surface area contributed by atoms with Crippen LogP contribution in [-0.2, 0) is 0 Å². The van der Waals surface area contributed by atoms with Crippen LogP contribution >= 0.6 is 0 Å². The molecule has 1 N–H and O–H groups in total. The van der Waals surface area contributed by atoms with E-state index in [1.807, 2.05) is 31.2 Å². The van der Waals surface area contributed by atoms with E-state index in [2.05, 4.69) is 4.98 Å². The molecule has 100 valence electrons. The van der Waals surface area contributed by atoms with Gasteiger partial charge < -0.3 is 14.6 Å². The first-order valence-corrected chi connectivity index (χ1v) is 6.24. The minimum atomic E-state index is -0.619. The van der Waals surface area contributed by atoms with Gasteiger partial charge in [0.2, 0.25) is 5.88 Å². The van der Waals surface area contributed by atoms with Crippen molar-refractivity contribution in [2.45, 2.75) is 20.0 Å². The maximum absolute atomic E-state index is 9.66. The molecule has 0 radical (unpaired) electrons. The molecule has 19 heavy (non-hydrogen) atoms. The van der Waals surface area contributed by atoms with Crippen molar-refractivity contribution in [2.75, 3.05) is 6.61 Å². The van der Waals surface area contributed by atoms with Crippen molar-refractivity contribution in [3.63, 3.8) is 0 Å². The summed E-state index contributed by atoms with van der Waals surface area (Å²) >= 11 is 0. The Kier molecular flexibility index (Phi) is 4.36. The molecule has 0 aliphatic rings. The molecule has 1 aromatic carbocycles. The van der Waals surface area contributed by atoms with Crippen molar-refractivity contribution in [1.82, 2.24) is 4.98 Å². The molecule has 0 fully saturated rings. The lowest BCUT2D eigenvalue weighted by atomic mass is 10.2. The molecule has 4 heteroatoms. The second-order valence-electron chi connectivity index (χ2n) is 4.08. The van der Waals surface area contributed by atoms with Crippen LogP contribution in [0.1, 0.15) is 25.5 Å². The second-order valence-corrected chi connectivity index (χ2v) is 4.08.